The number of nitrogens with zero attached hydrogens (tertiary/aromatic N) is 6. The molecule has 2 aromatic heterocycles. The van der Waals surface area contributed by atoms with Crippen molar-refractivity contribution in [2.24, 2.45) is 5.92 Å². The van der Waals surface area contributed by atoms with E-state index in [1.807, 2.05) is 11.6 Å². The second-order valence-electron chi connectivity index (χ2n) is 5.35. The van der Waals surface area contributed by atoms with E-state index in [1.54, 1.807) is 4.68 Å². The minimum Gasteiger partial charge on any atom is -0.476 e. The Balaban J connectivity index is 2.27. The molecular formula is C13H20N6O2. The van der Waals surface area contributed by atoms with Crippen molar-refractivity contribution in [2.75, 3.05) is 0 Å². The van der Waals surface area contributed by atoms with E-state index in [4.69, 9.17) is 5.11 Å². The first-order valence-corrected chi connectivity index (χ1v) is 7.05. The van der Waals surface area contributed by atoms with Gasteiger partial charge in [0.2, 0.25) is 0 Å². The fourth-order valence-electron chi connectivity index (χ4n) is 2.15. The van der Waals surface area contributed by atoms with Crippen molar-refractivity contribution in [3.8, 4) is 0 Å². The van der Waals surface area contributed by atoms with Crippen LogP contribution in [0.15, 0.2) is 6.33 Å². The molecule has 0 unspecified atom stereocenters. The number of carboxylic acids is 1. The van der Waals surface area contributed by atoms with Crippen LogP contribution in [0.5, 0.6) is 0 Å². The van der Waals surface area contributed by atoms with E-state index in [0.717, 1.165) is 18.8 Å². The largest absolute Gasteiger partial charge is 0.476 e. The Kier molecular flexibility index (Phi) is 4.66. The predicted octanol–water partition coefficient (Wildman–Crippen LogP) is 1.22. The molecule has 114 valence electrons. The Morgan fingerprint density at radius 2 is 2.14 bits per heavy atom. The molecule has 2 rings (SSSR count). The third-order valence-electron chi connectivity index (χ3n) is 3.05. The summed E-state index contributed by atoms with van der Waals surface area (Å²) < 4.78 is 3.43. The van der Waals surface area contributed by atoms with Crippen LogP contribution in [-0.2, 0) is 19.5 Å². The highest BCUT2D eigenvalue weighted by Crippen LogP contribution is 2.11. The summed E-state index contributed by atoms with van der Waals surface area (Å²) in [5.41, 5.74) is 0.649. The van der Waals surface area contributed by atoms with Crippen molar-refractivity contribution in [3.05, 3.63) is 23.5 Å². The summed E-state index contributed by atoms with van der Waals surface area (Å²) in [6.45, 7) is 7.34. The number of rotatable bonds is 7. The van der Waals surface area contributed by atoms with Gasteiger partial charge in [-0.05, 0) is 12.3 Å². The molecule has 0 saturated heterocycles. The summed E-state index contributed by atoms with van der Waals surface area (Å²) in [6, 6.07) is 0. The van der Waals surface area contributed by atoms with Crippen LogP contribution in [0, 0.1) is 5.92 Å². The van der Waals surface area contributed by atoms with Gasteiger partial charge in [0.05, 0.1) is 5.69 Å². The van der Waals surface area contributed by atoms with Gasteiger partial charge in [-0.1, -0.05) is 32.4 Å². The molecule has 0 atom stereocenters. The molecule has 0 aliphatic rings. The highest BCUT2D eigenvalue weighted by Gasteiger charge is 2.19. The standard InChI is InChI=1S/C13H20N6O2/c1-4-5-10-12(13(20)21)16-17-18(10)7-11-14-8-15-19(11)6-9(2)3/h8-9H,4-7H2,1-3H3,(H,20,21). The summed E-state index contributed by atoms with van der Waals surface area (Å²) in [5.74, 6) is 0.155. The van der Waals surface area contributed by atoms with Crippen LogP contribution in [0.25, 0.3) is 0 Å². The first kappa shape index (κ1) is 15.1. The van der Waals surface area contributed by atoms with Crippen LogP contribution in [-0.4, -0.2) is 40.8 Å². The molecule has 0 amide bonds. The number of hydrogen-bond acceptors (Lipinski definition) is 5. The molecule has 0 aliphatic heterocycles. The number of carboxylic acid groups (broad SMARTS) is 1. The summed E-state index contributed by atoms with van der Waals surface area (Å²) >= 11 is 0. The van der Waals surface area contributed by atoms with Gasteiger partial charge in [0.25, 0.3) is 0 Å². The van der Waals surface area contributed by atoms with E-state index in [1.165, 1.54) is 6.33 Å². The zero-order valence-corrected chi connectivity index (χ0v) is 12.5. The van der Waals surface area contributed by atoms with Crippen LogP contribution in [0.4, 0.5) is 0 Å². The van der Waals surface area contributed by atoms with E-state index in [9.17, 15) is 4.79 Å². The van der Waals surface area contributed by atoms with E-state index in [2.05, 4.69) is 34.2 Å². The average Bonchev–Trinajstić information content (AvgIpc) is 2.98. The van der Waals surface area contributed by atoms with Crippen LogP contribution in [0.2, 0.25) is 0 Å². The van der Waals surface area contributed by atoms with Gasteiger partial charge in [-0.25, -0.2) is 19.1 Å². The van der Waals surface area contributed by atoms with Gasteiger partial charge in [0.1, 0.15) is 18.7 Å². The topological polar surface area (TPSA) is 98.7 Å². The fraction of sp³-hybridized carbons (Fsp3) is 0.615. The van der Waals surface area contributed by atoms with Crippen LogP contribution in [0.3, 0.4) is 0 Å². The number of aromatic carboxylic acids is 1. The Hall–Kier alpha value is -2.25. The lowest BCUT2D eigenvalue weighted by Gasteiger charge is -2.09. The molecule has 8 heteroatoms. The van der Waals surface area contributed by atoms with Crippen LogP contribution >= 0.6 is 0 Å². The highest BCUT2D eigenvalue weighted by molar-refractivity contribution is 5.86. The molecule has 0 radical (unpaired) electrons. The molecule has 2 heterocycles. The molecule has 0 saturated carbocycles. The minimum atomic E-state index is -1.05. The zero-order chi connectivity index (χ0) is 15.4. The number of carbonyl (C=O) groups is 1. The number of aromatic nitrogens is 6. The van der Waals surface area contributed by atoms with E-state index >= 15 is 0 Å². The Bertz CT molecular complexity index is 616. The Morgan fingerprint density at radius 1 is 1.38 bits per heavy atom. The summed E-state index contributed by atoms with van der Waals surface area (Å²) in [4.78, 5) is 15.4. The molecule has 21 heavy (non-hydrogen) atoms. The van der Waals surface area contributed by atoms with Gasteiger partial charge in [-0.15, -0.1) is 5.10 Å². The molecular weight excluding hydrogens is 272 g/mol. The van der Waals surface area contributed by atoms with Gasteiger partial charge in [-0.2, -0.15) is 5.10 Å². The van der Waals surface area contributed by atoms with Crippen LogP contribution in [0.1, 0.15) is 49.2 Å². The van der Waals surface area contributed by atoms with Crippen molar-refractivity contribution in [2.45, 2.75) is 46.7 Å². The SMILES string of the molecule is CCCc1c(C(=O)O)nnn1Cc1ncnn1CC(C)C. The monoisotopic (exact) mass is 292 g/mol. The molecule has 0 bridgehead atoms. The smallest absolute Gasteiger partial charge is 0.358 e. The first-order chi connectivity index (χ1) is 10.0. The second kappa shape index (κ2) is 6.47. The third-order valence-corrected chi connectivity index (χ3v) is 3.05. The van der Waals surface area contributed by atoms with Gasteiger partial charge < -0.3 is 5.11 Å². The summed E-state index contributed by atoms with van der Waals surface area (Å²) in [7, 11) is 0. The molecule has 0 fully saturated rings. The van der Waals surface area contributed by atoms with Gasteiger partial charge in [0.15, 0.2) is 5.69 Å². The van der Waals surface area contributed by atoms with Gasteiger partial charge in [0, 0.05) is 6.54 Å². The molecule has 0 aromatic carbocycles. The predicted molar refractivity (Wildman–Crippen MR) is 74.9 cm³/mol. The molecule has 8 nitrogen and oxygen atoms in total. The maximum atomic E-state index is 11.2. The lowest BCUT2D eigenvalue weighted by atomic mass is 10.2. The van der Waals surface area contributed by atoms with Crippen LogP contribution < -0.4 is 0 Å². The lowest BCUT2D eigenvalue weighted by molar-refractivity contribution is 0.0689. The van der Waals surface area contributed by atoms with Crippen molar-refractivity contribution in [3.63, 3.8) is 0 Å². The van der Waals surface area contributed by atoms with Gasteiger partial charge >= 0.3 is 5.97 Å². The summed E-state index contributed by atoms with van der Waals surface area (Å²) in [6.07, 6.45) is 2.95. The Labute approximate surface area is 122 Å². The average molecular weight is 292 g/mol. The second-order valence-corrected chi connectivity index (χ2v) is 5.35. The molecule has 0 spiro atoms. The fourth-order valence-corrected chi connectivity index (χ4v) is 2.15. The zero-order valence-electron chi connectivity index (χ0n) is 12.5. The Morgan fingerprint density at radius 3 is 2.76 bits per heavy atom. The van der Waals surface area contributed by atoms with E-state index < -0.39 is 5.97 Å². The number of hydrogen-bond donors (Lipinski definition) is 1. The quantitative estimate of drug-likeness (QED) is 0.824. The molecule has 0 aliphatic carbocycles. The van der Waals surface area contributed by atoms with Crippen molar-refractivity contribution >= 4 is 5.97 Å². The highest BCUT2D eigenvalue weighted by atomic mass is 16.4. The molecule has 1 N–H and O–H groups in total. The summed E-state index contributed by atoms with van der Waals surface area (Å²) in [5, 5.41) is 21.1. The lowest BCUT2D eigenvalue weighted by Crippen LogP contribution is -2.16. The molecule has 2 aromatic rings. The van der Waals surface area contributed by atoms with Gasteiger partial charge in [-0.3, -0.25) is 0 Å². The maximum Gasteiger partial charge on any atom is 0.358 e. The van der Waals surface area contributed by atoms with Crippen molar-refractivity contribution in [1.29, 1.82) is 0 Å². The van der Waals surface area contributed by atoms with E-state index in [-0.39, 0.29) is 5.69 Å². The first-order valence-electron chi connectivity index (χ1n) is 7.05. The normalized spacial score (nSPS) is 11.2. The maximum absolute atomic E-state index is 11.2. The third kappa shape index (κ3) is 3.45. The van der Waals surface area contributed by atoms with E-state index in [0.29, 0.717) is 24.6 Å². The van der Waals surface area contributed by atoms with Crippen molar-refractivity contribution < 1.29 is 9.90 Å². The van der Waals surface area contributed by atoms with Crippen molar-refractivity contribution in [1.82, 2.24) is 29.8 Å². The minimum absolute atomic E-state index is 0.0202.